The van der Waals surface area contributed by atoms with Gasteiger partial charge in [0.15, 0.2) is 10.8 Å². The predicted molar refractivity (Wildman–Crippen MR) is 125 cm³/mol. The lowest BCUT2D eigenvalue weighted by atomic mass is 10.2. The largest absolute Gasteiger partial charge is 0.354 e. The second kappa shape index (κ2) is 10.5. The van der Waals surface area contributed by atoms with Gasteiger partial charge in [0.25, 0.3) is 0 Å². The molecular weight excluding hydrogens is 431 g/mol. The van der Waals surface area contributed by atoms with Crippen LogP contribution in [-0.4, -0.2) is 43.1 Å². The third kappa shape index (κ3) is 6.01. The molecule has 0 aliphatic carbocycles. The molecule has 0 saturated carbocycles. The van der Waals surface area contributed by atoms with Gasteiger partial charge >= 0.3 is 8.25 Å². The van der Waals surface area contributed by atoms with Crippen LogP contribution in [0.5, 0.6) is 0 Å². The third-order valence-electron chi connectivity index (χ3n) is 5.81. The lowest BCUT2D eigenvalue weighted by Crippen LogP contribution is -2.50. The minimum atomic E-state index is -2.77. The van der Waals surface area contributed by atoms with Crippen LogP contribution >= 0.6 is 8.25 Å². The van der Waals surface area contributed by atoms with Gasteiger partial charge in [0.1, 0.15) is 19.0 Å². The Balaban J connectivity index is 1.48. The third-order valence-corrected chi connectivity index (χ3v) is 11.7. The van der Waals surface area contributed by atoms with Crippen LogP contribution in [0.15, 0.2) is 60.7 Å². The van der Waals surface area contributed by atoms with E-state index in [-0.39, 0.29) is 0 Å². The molecule has 4 rings (SSSR count). The molecule has 0 bridgehead atoms. The molecule has 2 aromatic rings. The van der Waals surface area contributed by atoms with Gasteiger partial charge in [-0.3, -0.25) is 13.6 Å². The zero-order chi connectivity index (χ0) is 20.7. The Kier molecular flexibility index (Phi) is 7.76. The second-order valence-electron chi connectivity index (χ2n) is 8.21. The zero-order valence-corrected chi connectivity index (χ0v) is 21.2. The van der Waals surface area contributed by atoms with Crippen molar-refractivity contribution in [1.82, 2.24) is 0 Å². The highest BCUT2D eigenvalue weighted by atomic mass is 31.1. The van der Waals surface area contributed by atoms with E-state index in [2.05, 4.69) is 24.3 Å². The summed E-state index contributed by atoms with van der Waals surface area (Å²) in [5, 5.41) is 2.49. The summed E-state index contributed by atoms with van der Waals surface area (Å²) in [6.07, 6.45) is 5.63. The van der Waals surface area contributed by atoms with Crippen LogP contribution in [-0.2, 0) is 23.1 Å². The molecule has 2 aliphatic rings. The van der Waals surface area contributed by atoms with E-state index >= 15 is 0 Å². The Morgan fingerprint density at radius 2 is 1.13 bits per heavy atom. The molecule has 8 heteroatoms. The maximum atomic E-state index is 13.2. The highest BCUT2D eigenvalue weighted by Crippen LogP contribution is 2.42. The Morgan fingerprint density at radius 1 is 0.700 bits per heavy atom. The number of hydrogen-bond acceptors (Lipinski definition) is 5. The highest BCUT2D eigenvalue weighted by molar-refractivity contribution is 7.33. The lowest BCUT2D eigenvalue weighted by molar-refractivity contribution is -0.174. The van der Waals surface area contributed by atoms with Crippen LogP contribution in [0.4, 0.5) is 0 Å². The predicted octanol–water partition coefficient (Wildman–Crippen LogP) is 2.11. The first-order valence-corrected chi connectivity index (χ1v) is 15.0. The van der Waals surface area contributed by atoms with Crippen LogP contribution in [0.1, 0.15) is 38.5 Å². The van der Waals surface area contributed by atoms with E-state index in [0.29, 0.717) is 13.2 Å². The van der Waals surface area contributed by atoms with Crippen LogP contribution in [0, 0.1) is 0 Å². The highest BCUT2D eigenvalue weighted by Gasteiger charge is 2.41. The van der Waals surface area contributed by atoms with Gasteiger partial charge in [-0.2, -0.15) is 0 Å². The molecule has 2 saturated heterocycles. The number of rotatable bonds is 8. The molecule has 2 aliphatic heterocycles. The summed E-state index contributed by atoms with van der Waals surface area (Å²) < 4.78 is 37.8. The average Bonchev–Trinajstić information content (AvgIpc) is 2.76. The minimum absolute atomic E-state index is 0.648. The summed E-state index contributed by atoms with van der Waals surface area (Å²) in [6.45, 7) is 1.30. The van der Waals surface area contributed by atoms with Gasteiger partial charge in [-0.1, -0.05) is 71.0 Å². The molecule has 2 atom stereocenters. The van der Waals surface area contributed by atoms with Crippen molar-refractivity contribution in [2.24, 2.45) is 0 Å². The number of hydrogen-bond donors (Lipinski definition) is 0. The Bertz CT molecular complexity index is 741. The normalized spacial score (nSPS) is 28.9. The van der Waals surface area contributed by atoms with Gasteiger partial charge in [-0.15, -0.1) is 0 Å². The summed E-state index contributed by atoms with van der Waals surface area (Å²) in [4.78, 5) is 0. The molecule has 2 heterocycles. The summed E-state index contributed by atoms with van der Waals surface area (Å²) in [5.41, 5.74) is -1.50. The van der Waals surface area contributed by atoms with Gasteiger partial charge in [-0.25, -0.2) is 0 Å². The van der Waals surface area contributed by atoms with Crippen molar-refractivity contribution < 1.29 is 23.1 Å². The van der Waals surface area contributed by atoms with Crippen molar-refractivity contribution in [3.05, 3.63) is 60.7 Å². The molecule has 2 fully saturated rings. The lowest BCUT2D eigenvalue weighted by Gasteiger charge is -2.40. The fraction of sp³-hybridized carbons (Fsp3) is 0.455. The van der Waals surface area contributed by atoms with E-state index in [9.17, 15) is 4.57 Å². The number of benzene rings is 2. The Morgan fingerprint density at radius 3 is 1.50 bits per heavy atom. The first-order valence-electron chi connectivity index (χ1n) is 10.9. The van der Waals surface area contributed by atoms with Gasteiger partial charge in [0, 0.05) is 13.2 Å². The smallest absolute Gasteiger partial charge is 0.323 e. The maximum absolute atomic E-state index is 13.2. The Hall–Kier alpha value is -1.06. The molecule has 2 aromatic carbocycles. The molecule has 5 nitrogen and oxygen atoms in total. The van der Waals surface area contributed by atoms with Gasteiger partial charge in [0.05, 0.1) is 0 Å². The fourth-order valence-electron chi connectivity index (χ4n) is 4.30. The van der Waals surface area contributed by atoms with Gasteiger partial charge in [0.2, 0.25) is 0 Å². The van der Waals surface area contributed by atoms with Gasteiger partial charge < -0.3 is 9.47 Å². The molecule has 0 N–H and O–H groups in total. The van der Waals surface area contributed by atoms with Crippen molar-refractivity contribution in [3.8, 4) is 0 Å². The quantitative estimate of drug-likeness (QED) is 0.444. The maximum Gasteiger partial charge on any atom is 0.323 e. The summed E-state index contributed by atoms with van der Waals surface area (Å²) in [5.74, 6) is 0. The first-order chi connectivity index (χ1) is 14.7. The standard InChI is InChI=1S/C22H31O5PSi2/c23-28(26-21(15-7-9-17-24-21)29-19-11-3-1-4-12-19)27-22(16-8-10-18-25-22)30-20-13-5-2-6-14-20/h1-6,11-14,28H,7-10,15-18,29-30H2. The second-order valence-corrected chi connectivity index (χ2v) is 13.6. The molecule has 0 amide bonds. The number of ether oxygens (including phenoxy) is 2. The van der Waals surface area contributed by atoms with E-state index in [1.165, 1.54) is 10.4 Å². The van der Waals surface area contributed by atoms with Crippen molar-refractivity contribution in [3.63, 3.8) is 0 Å². The Labute approximate surface area is 184 Å². The molecule has 30 heavy (non-hydrogen) atoms. The van der Waals surface area contributed by atoms with Crippen LogP contribution in [0.25, 0.3) is 0 Å². The topological polar surface area (TPSA) is 54.0 Å². The van der Waals surface area contributed by atoms with Gasteiger partial charge in [-0.05, 0) is 38.5 Å². The van der Waals surface area contributed by atoms with Crippen molar-refractivity contribution >= 4 is 37.7 Å². The van der Waals surface area contributed by atoms with E-state index < -0.39 is 38.1 Å². The molecular formula is C22H31O5PSi2. The first kappa shape index (κ1) is 22.1. The zero-order valence-electron chi connectivity index (χ0n) is 17.4. The fourth-order valence-corrected chi connectivity index (χ4v) is 10.2. The monoisotopic (exact) mass is 462 g/mol. The van der Waals surface area contributed by atoms with Crippen LogP contribution in [0.3, 0.4) is 0 Å². The van der Waals surface area contributed by atoms with Crippen molar-refractivity contribution in [2.75, 3.05) is 13.2 Å². The van der Waals surface area contributed by atoms with Crippen molar-refractivity contribution in [2.45, 2.75) is 49.3 Å². The summed E-state index contributed by atoms with van der Waals surface area (Å²) in [7, 11) is -4.67. The van der Waals surface area contributed by atoms with E-state index in [1.807, 2.05) is 36.4 Å². The molecule has 2 unspecified atom stereocenters. The van der Waals surface area contributed by atoms with E-state index in [1.54, 1.807) is 0 Å². The SMILES string of the molecule is O=[PH](OC1([SiH2]c2ccccc2)CCCCO1)OC1([SiH2]c2ccccc2)CCCCO1. The molecule has 0 radical (unpaired) electrons. The van der Waals surface area contributed by atoms with Crippen molar-refractivity contribution in [1.29, 1.82) is 0 Å². The average molecular weight is 463 g/mol. The molecule has 162 valence electrons. The summed E-state index contributed by atoms with van der Waals surface area (Å²) in [6, 6.07) is 20.6. The van der Waals surface area contributed by atoms with E-state index in [4.69, 9.17) is 18.5 Å². The molecule has 0 spiro atoms. The van der Waals surface area contributed by atoms with Crippen LogP contribution < -0.4 is 10.4 Å². The summed E-state index contributed by atoms with van der Waals surface area (Å²) >= 11 is 0. The van der Waals surface area contributed by atoms with Crippen LogP contribution in [0.2, 0.25) is 0 Å². The van der Waals surface area contributed by atoms with E-state index in [0.717, 1.165) is 38.5 Å². The molecule has 0 aromatic heterocycles. The minimum Gasteiger partial charge on any atom is -0.354 e.